The molecule has 0 aliphatic rings. The van der Waals surface area contributed by atoms with Crippen molar-refractivity contribution in [3.05, 3.63) is 78.4 Å². The van der Waals surface area contributed by atoms with Crippen LogP contribution in [-0.2, 0) is 13.1 Å². The van der Waals surface area contributed by atoms with Gasteiger partial charge in [-0.25, -0.2) is 9.97 Å². The first-order valence-electron chi connectivity index (χ1n) is 7.13. The Morgan fingerprint density at radius 3 is 2.14 bits per heavy atom. The topological polar surface area (TPSA) is 62.7 Å². The number of rotatable bonds is 6. The lowest BCUT2D eigenvalue weighted by Gasteiger charge is -2.08. The predicted octanol–water partition coefficient (Wildman–Crippen LogP) is 3.10. The first-order chi connectivity index (χ1) is 10.9. The fourth-order valence-corrected chi connectivity index (χ4v) is 2.03. The van der Waals surface area contributed by atoms with Crippen LogP contribution in [0.2, 0.25) is 0 Å². The van der Waals surface area contributed by atoms with Crippen molar-refractivity contribution in [2.45, 2.75) is 13.1 Å². The van der Waals surface area contributed by atoms with Crippen LogP contribution in [-0.4, -0.2) is 15.0 Å². The lowest BCUT2D eigenvalue weighted by molar-refractivity contribution is 1.05. The lowest BCUT2D eigenvalue weighted by atomic mass is 10.2. The highest BCUT2D eigenvalue weighted by Gasteiger charge is 1.99. The summed E-state index contributed by atoms with van der Waals surface area (Å²) in [6, 6.07) is 16.1. The molecule has 3 rings (SSSR count). The number of benzene rings is 1. The van der Waals surface area contributed by atoms with Crippen LogP contribution in [0.15, 0.2) is 67.3 Å². The number of nitrogens with zero attached hydrogens (tertiary/aromatic N) is 3. The predicted molar refractivity (Wildman–Crippen MR) is 87.4 cm³/mol. The Hall–Kier alpha value is -2.95. The van der Waals surface area contributed by atoms with Crippen molar-refractivity contribution in [1.82, 2.24) is 15.0 Å². The quantitative estimate of drug-likeness (QED) is 0.730. The van der Waals surface area contributed by atoms with Gasteiger partial charge in [0.2, 0.25) is 0 Å². The lowest BCUT2D eigenvalue weighted by Crippen LogP contribution is -2.05. The maximum absolute atomic E-state index is 4.23. The highest BCUT2D eigenvalue weighted by atomic mass is 15.1. The third kappa shape index (κ3) is 4.02. The zero-order chi connectivity index (χ0) is 15.0. The van der Waals surface area contributed by atoms with Crippen molar-refractivity contribution >= 4 is 11.6 Å². The van der Waals surface area contributed by atoms with Crippen molar-refractivity contribution in [2.75, 3.05) is 10.6 Å². The molecule has 0 radical (unpaired) electrons. The van der Waals surface area contributed by atoms with Crippen molar-refractivity contribution in [3.63, 3.8) is 0 Å². The van der Waals surface area contributed by atoms with Crippen molar-refractivity contribution in [3.8, 4) is 0 Å². The van der Waals surface area contributed by atoms with E-state index in [0.717, 1.165) is 23.7 Å². The number of anilines is 2. The van der Waals surface area contributed by atoms with Crippen LogP contribution in [0, 0.1) is 0 Å². The van der Waals surface area contributed by atoms with E-state index in [-0.39, 0.29) is 0 Å². The van der Waals surface area contributed by atoms with Gasteiger partial charge >= 0.3 is 0 Å². The first kappa shape index (κ1) is 14.0. The molecule has 2 N–H and O–H groups in total. The largest absolute Gasteiger partial charge is 0.366 e. The molecule has 0 aliphatic heterocycles. The van der Waals surface area contributed by atoms with Crippen LogP contribution in [0.3, 0.4) is 0 Å². The fraction of sp³-hybridized carbons (Fsp3) is 0.118. The second kappa shape index (κ2) is 7.17. The minimum Gasteiger partial charge on any atom is -0.366 e. The van der Waals surface area contributed by atoms with Gasteiger partial charge in [0.05, 0.1) is 0 Å². The van der Waals surface area contributed by atoms with Gasteiger partial charge in [-0.2, -0.15) is 0 Å². The average Bonchev–Trinajstić information content (AvgIpc) is 2.60. The maximum atomic E-state index is 4.23. The monoisotopic (exact) mass is 291 g/mol. The molecule has 110 valence electrons. The Morgan fingerprint density at radius 2 is 1.45 bits per heavy atom. The summed E-state index contributed by atoms with van der Waals surface area (Å²) in [4.78, 5) is 12.6. The van der Waals surface area contributed by atoms with Gasteiger partial charge in [-0.3, -0.25) is 4.98 Å². The molecule has 22 heavy (non-hydrogen) atoms. The van der Waals surface area contributed by atoms with Crippen LogP contribution < -0.4 is 10.6 Å². The summed E-state index contributed by atoms with van der Waals surface area (Å²) in [5.41, 5.74) is 2.32. The fourth-order valence-electron chi connectivity index (χ4n) is 2.03. The second-order valence-electron chi connectivity index (χ2n) is 4.84. The standard InChI is InChI=1S/C17H17N5/c1-2-5-14(6-3-1)11-19-16-9-17(22-13-21-16)20-12-15-7-4-8-18-10-15/h1-10,13H,11-12H2,(H2,19,20,21,22). The molecule has 3 aromatic rings. The zero-order valence-electron chi connectivity index (χ0n) is 12.1. The van der Waals surface area contributed by atoms with Crippen molar-refractivity contribution < 1.29 is 0 Å². The molecular weight excluding hydrogens is 274 g/mol. The first-order valence-corrected chi connectivity index (χ1v) is 7.13. The van der Waals surface area contributed by atoms with Gasteiger partial charge in [0.25, 0.3) is 0 Å². The average molecular weight is 291 g/mol. The molecule has 0 spiro atoms. The molecule has 0 aliphatic carbocycles. The molecule has 2 heterocycles. The Labute approximate surface area is 129 Å². The minimum atomic E-state index is 0.684. The molecule has 5 heteroatoms. The van der Waals surface area contributed by atoms with Gasteiger partial charge in [0.1, 0.15) is 18.0 Å². The summed E-state index contributed by atoms with van der Waals surface area (Å²) in [7, 11) is 0. The zero-order valence-corrected chi connectivity index (χ0v) is 12.1. The van der Waals surface area contributed by atoms with Gasteiger partial charge in [0.15, 0.2) is 0 Å². The van der Waals surface area contributed by atoms with Gasteiger partial charge in [-0.15, -0.1) is 0 Å². The molecular formula is C17H17N5. The van der Waals surface area contributed by atoms with E-state index in [1.165, 1.54) is 5.56 Å². The molecule has 0 bridgehead atoms. The number of hydrogen-bond donors (Lipinski definition) is 2. The third-order valence-corrected chi connectivity index (χ3v) is 3.18. The van der Waals surface area contributed by atoms with Crippen molar-refractivity contribution in [2.24, 2.45) is 0 Å². The highest BCUT2D eigenvalue weighted by molar-refractivity contribution is 5.47. The van der Waals surface area contributed by atoms with Crippen molar-refractivity contribution in [1.29, 1.82) is 0 Å². The van der Waals surface area contributed by atoms with Gasteiger partial charge in [0, 0.05) is 31.5 Å². The second-order valence-corrected chi connectivity index (χ2v) is 4.84. The summed E-state index contributed by atoms with van der Waals surface area (Å²) >= 11 is 0. The van der Waals surface area contributed by atoms with E-state index in [4.69, 9.17) is 0 Å². The number of pyridine rings is 1. The molecule has 2 aromatic heterocycles. The Kier molecular flexibility index (Phi) is 4.57. The molecule has 0 saturated carbocycles. The normalized spacial score (nSPS) is 10.2. The van der Waals surface area contributed by atoms with E-state index in [0.29, 0.717) is 6.54 Å². The molecule has 5 nitrogen and oxygen atoms in total. The van der Waals surface area contributed by atoms with E-state index in [2.05, 4.69) is 37.7 Å². The maximum Gasteiger partial charge on any atom is 0.131 e. The molecule has 0 amide bonds. The van der Waals surface area contributed by atoms with Crippen LogP contribution in [0.5, 0.6) is 0 Å². The molecule has 1 aromatic carbocycles. The SMILES string of the molecule is c1ccc(CNc2cc(NCc3cccnc3)ncn2)cc1. The number of hydrogen-bond acceptors (Lipinski definition) is 5. The van der Waals surface area contributed by atoms with Gasteiger partial charge < -0.3 is 10.6 Å². The van der Waals surface area contributed by atoms with Crippen LogP contribution >= 0.6 is 0 Å². The third-order valence-electron chi connectivity index (χ3n) is 3.18. The summed E-state index contributed by atoms with van der Waals surface area (Å²) in [6.07, 6.45) is 5.15. The minimum absolute atomic E-state index is 0.684. The summed E-state index contributed by atoms with van der Waals surface area (Å²) < 4.78 is 0. The number of aromatic nitrogens is 3. The van der Waals surface area contributed by atoms with Crippen LogP contribution in [0.4, 0.5) is 11.6 Å². The molecule has 0 unspecified atom stereocenters. The summed E-state index contributed by atoms with van der Waals surface area (Å²) in [6.45, 7) is 1.42. The van der Waals surface area contributed by atoms with E-state index in [1.807, 2.05) is 42.6 Å². The Morgan fingerprint density at radius 1 is 0.773 bits per heavy atom. The van der Waals surface area contributed by atoms with Gasteiger partial charge in [-0.1, -0.05) is 36.4 Å². The Bertz CT molecular complexity index is 642. The summed E-state index contributed by atoms with van der Waals surface area (Å²) in [5, 5.41) is 6.56. The van der Waals surface area contributed by atoms with E-state index < -0.39 is 0 Å². The van der Waals surface area contributed by atoms with Crippen LogP contribution in [0.1, 0.15) is 11.1 Å². The van der Waals surface area contributed by atoms with Crippen LogP contribution in [0.25, 0.3) is 0 Å². The smallest absolute Gasteiger partial charge is 0.131 e. The summed E-state index contributed by atoms with van der Waals surface area (Å²) in [5.74, 6) is 1.59. The van der Waals surface area contributed by atoms with E-state index in [1.54, 1.807) is 12.5 Å². The highest BCUT2D eigenvalue weighted by Crippen LogP contribution is 2.11. The number of nitrogens with one attached hydrogen (secondary N) is 2. The molecule has 0 saturated heterocycles. The molecule has 0 atom stereocenters. The van der Waals surface area contributed by atoms with E-state index >= 15 is 0 Å². The Balaban J connectivity index is 1.58. The van der Waals surface area contributed by atoms with E-state index in [9.17, 15) is 0 Å². The molecule has 0 fully saturated rings. The van der Waals surface area contributed by atoms with Gasteiger partial charge in [-0.05, 0) is 17.2 Å².